The maximum absolute atomic E-state index is 12.9. The number of benzene rings is 1. The molecule has 1 aliphatic heterocycles. The Bertz CT molecular complexity index is 926. The lowest BCUT2D eigenvalue weighted by molar-refractivity contribution is -0.143. The number of nitrogens with zero attached hydrogens (tertiary/aromatic N) is 1. The minimum absolute atomic E-state index is 0.113. The third-order valence-electron chi connectivity index (χ3n) is 4.87. The van der Waals surface area contributed by atoms with E-state index in [0.717, 1.165) is 0 Å². The zero-order valence-corrected chi connectivity index (χ0v) is 17.7. The number of carbonyl (C=O) groups excluding carboxylic acids is 2. The average Bonchev–Trinajstić information content (AvgIpc) is 3.04. The molecule has 2 rings (SSSR count). The van der Waals surface area contributed by atoms with Gasteiger partial charge in [0.15, 0.2) is 16.4 Å². The number of hydrogen-bond acceptors (Lipinski definition) is 5. The van der Waals surface area contributed by atoms with Gasteiger partial charge < -0.3 is 9.64 Å². The number of ether oxygens (including phenoxy) is 1. The van der Waals surface area contributed by atoms with Crippen LogP contribution in [-0.2, 0) is 31.7 Å². The Balaban J connectivity index is 2.18. The molecule has 32 heavy (non-hydrogen) atoms. The molecule has 6 nitrogen and oxygen atoms in total. The van der Waals surface area contributed by atoms with Crippen LogP contribution in [0.2, 0.25) is 0 Å². The van der Waals surface area contributed by atoms with Crippen molar-refractivity contribution in [3.63, 3.8) is 0 Å². The summed E-state index contributed by atoms with van der Waals surface area (Å²) in [4.78, 5) is 25.9. The topological polar surface area (TPSA) is 80.8 Å². The van der Waals surface area contributed by atoms with E-state index in [2.05, 4.69) is 4.74 Å². The monoisotopic (exact) mass is 489 g/mol. The van der Waals surface area contributed by atoms with Crippen molar-refractivity contribution in [2.45, 2.75) is 44.6 Å². The van der Waals surface area contributed by atoms with Crippen LogP contribution in [0.3, 0.4) is 0 Å². The molecule has 0 bridgehead atoms. The van der Waals surface area contributed by atoms with E-state index >= 15 is 0 Å². The number of esters is 1. The summed E-state index contributed by atoms with van der Waals surface area (Å²) in [5, 5.41) is 0. The highest BCUT2D eigenvalue weighted by Gasteiger charge is 2.38. The Kier molecular flexibility index (Phi) is 7.84. The van der Waals surface area contributed by atoms with E-state index in [0.29, 0.717) is 12.8 Å². The number of carbonyl (C=O) groups is 2. The second kappa shape index (κ2) is 9.67. The van der Waals surface area contributed by atoms with Crippen LogP contribution in [0, 0.1) is 0 Å². The van der Waals surface area contributed by atoms with Crippen molar-refractivity contribution < 1.29 is 49.1 Å². The van der Waals surface area contributed by atoms with Gasteiger partial charge in [-0.15, -0.1) is 0 Å². The van der Waals surface area contributed by atoms with Gasteiger partial charge in [0, 0.05) is 12.6 Å². The van der Waals surface area contributed by atoms with Crippen molar-refractivity contribution in [3.8, 4) is 0 Å². The number of hydrogen-bond donors (Lipinski definition) is 0. The molecule has 0 spiro atoms. The van der Waals surface area contributed by atoms with Crippen molar-refractivity contribution in [2.75, 3.05) is 24.7 Å². The lowest BCUT2D eigenvalue weighted by Crippen LogP contribution is -2.43. The summed E-state index contributed by atoms with van der Waals surface area (Å²) in [6.07, 6.45) is -8.89. The number of amides is 1. The molecular formula is C19H21F6NO5S. The second-order valence-electron chi connectivity index (χ2n) is 7.37. The number of alkyl halides is 6. The molecule has 1 unspecified atom stereocenters. The molecule has 0 saturated carbocycles. The van der Waals surface area contributed by atoms with Crippen molar-refractivity contribution in [1.82, 2.24) is 4.90 Å². The van der Waals surface area contributed by atoms with E-state index in [1.165, 1.54) is 4.90 Å². The van der Waals surface area contributed by atoms with Crippen LogP contribution in [0.1, 0.15) is 47.7 Å². The minimum Gasteiger partial charge on any atom is -0.452 e. The Morgan fingerprint density at radius 1 is 1.06 bits per heavy atom. The van der Waals surface area contributed by atoms with E-state index < -0.39 is 63.4 Å². The third kappa shape index (κ3) is 6.84. The van der Waals surface area contributed by atoms with Gasteiger partial charge >= 0.3 is 18.3 Å². The Morgan fingerprint density at radius 3 is 2.06 bits per heavy atom. The van der Waals surface area contributed by atoms with Crippen LogP contribution in [0.15, 0.2) is 18.2 Å². The van der Waals surface area contributed by atoms with Crippen LogP contribution in [-0.4, -0.2) is 55.9 Å². The first-order chi connectivity index (χ1) is 14.6. The van der Waals surface area contributed by atoms with Gasteiger partial charge in [0.1, 0.15) is 0 Å². The highest BCUT2D eigenvalue weighted by Crippen LogP contribution is 2.36. The molecule has 0 N–H and O–H groups in total. The van der Waals surface area contributed by atoms with E-state index in [-0.39, 0.29) is 42.7 Å². The predicted octanol–water partition coefficient (Wildman–Crippen LogP) is 3.70. The smallest absolute Gasteiger partial charge is 0.416 e. The maximum atomic E-state index is 12.9. The van der Waals surface area contributed by atoms with Crippen LogP contribution in [0.4, 0.5) is 26.3 Å². The van der Waals surface area contributed by atoms with Gasteiger partial charge in [-0.2, -0.15) is 26.3 Å². The summed E-state index contributed by atoms with van der Waals surface area (Å²) < 4.78 is 106. The summed E-state index contributed by atoms with van der Waals surface area (Å²) in [6.45, 7) is 1.06. The molecule has 1 saturated heterocycles. The SMILES string of the molecule is CCCCN(C(=O)COC(=O)c1cc(C(F)(F)F)cc(C(F)(F)F)c1)C1CCS(=O)(=O)C1. The fourth-order valence-corrected chi connectivity index (χ4v) is 4.96. The zero-order valence-electron chi connectivity index (χ0n) is 16.9. The van der Waals surface area contributed by atoms with Crippen molar-refractivity contribution in [2.24, 2.45) is 0 Å². The molecule has 1 aromatic rings. The fraction of sp³-hybridized carbons (Fsp3) is 0.579. The van der Waals surface area contributed by atoms with Crippen LogP contribution >= 0.6 is 0 Å². The van der Waals surface area contributed by atoms with Crippen molar-refractivity contribution in [3.05, 3.63) is 34.9 Å². The first kappa shape index (κ1) is 25.9. The maximum Gasteiger partial charge on any atom is 0.416 e. The van der Waals surface area contributed by atoms with Crippen LogP contribution < -0.4 is 0 Å². The molecule has 0 aromatic heterocycles. The van der Waals surface area contributed by atoms with E-state index in [1.54, 1.807) is 0 Å². The standard InChI is InChI=1S/C19H21F6NO5S/c1-2-3-5-26(15-4-6-32(29,30)11-15)16(27)10-31-17(28)12-7-13(18(20,21)22)9-14(8-12)19(23,24)25/h7-9,15H,2-6,10-11H2,1H3. The van der Waals surface area contributed by atoms with Gasteiger partial charge in [-0.25, -0.2) is 13.2 Å². The molecule has 1 amide bonds. The molecular weight excluding hydrogens is 468 g/mol. The van der Waals surface area contributed by atoms with E-state index in [1.807, 2.05) is 6.92 Å². The van der Waals surface area contributed by atoms with Gasteiger partial charge in [-0.05, 0) is 31.0 Å². The van der Waals surface area contributed by atoms with Crippen molar-refractivity contribution in [1.29, 1.82) is 0 Å². The Morgan fingerprint density at radius 2 is 1.62 bits per heavy atom. The molecule has 0 radical (unpaired) electrons. The average molecular weight is 489 g/mol. The molecule has 1 fully saturated rings. The first-order valence-corrected chi connectivity index (χ1v) is 11.4. The Labute approximate surface area is 180 Å². The van der Waals surface area contributed by atoms with Crippen LogP contribution in [0.5, 0.6) is 0 Å². The zero-order chi connectivity index (χ0) is 24.3. The predicted molar refractivity (Wildman–Crippen MR) is 100 cm³/mol. The third-order valence-corrected chi connectivity index (χ3v) is 6.62. The van der Waals surface area contributed by atoms with Gasteiger partial charge in [0.2, 0.25) is 0 Å². The van der Waals surface area contributed by atoms with Gasteiger partial charge in [-0.1, -0.05) is 13.3 Å². The lowest BCUT2D eigenvalue weighted by atomic mass is 10.0. The molecule has 1 aliphatic rings. The number of halogens is 6. The molecule has 13 heteroatoms. The van der Waals surface area contributed by atoms with Crippen LogP contribution in [0.25, 0.3) is 0 Å². The highest BCUT2D eigenvalue weighted by molar-refractivity contribution is 7.91. The highest BCUT2D eigenvalue weighted by atomic mass is 32.2. The fourth-order valence-electron chi connectivity index (χ4n) is 3.23. The molecule has 1 atom stereocenters. The lowest BCUT2D eigenvalue weighted by Gasteiger charge is -2.28. The molecule has 1 aromatic carbocycles. The number of sulfone groups is 1. The van der Waals surface area contributed by atoms with Gasteiger partial charge in [0.25, 0.3) is 5.91 Å². The molecule has 180 valence electrons. The summed E-state index contributed by atoms with van der Waals surface area (Å²) >= 11 is 0. The summed E-state index contributed by atoms with van der Waals surface area (Å²) in [5.74, 6) is -2.70. The molecule has 1 heterocycles. The first-order valence-electron chi connectivity index (χ1n) is 9.60. The van der Waals surface area contributed by atoms with Gasteiger partial charge in [0.05, 0.1) is 28.2 Å². The molecule has 0 aliphatic carbocycles. The summed E-state index contributed by atoms with van der Waals surface area (Å²) in [5.41, 5.74) is -4.39. The summed E-state index contributed by atoms with van der Waals surface area (Å²) in [6, 6.07) is -0.348. The summed E-state index contributed by atoms with van der Waals surface area (Å²) in [7, 11) is -3.33. The largest absolute Gasteiger partial charge is 0.452 e. The van der Waals surface area contributed by atoms with E-state index in [9.17, 15) is 44.3 Å². The van der Waals surface area contributed by atoms with Gasteiger partial charge in [-0.3, -0.25) is 4.79 Å². The van der Waals surface area contributed by atoms with Crippen molar-refractivity contribution >= 4 is 21.7 Å². The number of rotatable bonds is 7. The second-order valence-corrected chi connectivity index (χ2v) is 9.60. The Hall–Kier alpha value is -2.31. The minimum atomic E-state index is -5.14. The quantitative estimate of drug-likeness (QED) is 0.431. The normalized spacial score (nSPS) is 18.4. The number of unbranched alkanes of at least 4 members (excludes halogenated alkanes) is 1. The van der Waals surface area contributed by atoms with E-state index in [4.69, 9.17) is 0 Å².